The van der Waals surface area contributed by atoms with Crippen molar-refractivity contribution in [1.82, 2.24) is 0 Å². The standard InChI is InChI=1S/C15H13ClO4S/c1-10-5-3-4-6-14(10)20-15(17)12-9-11(21(2,18)19)7-8-13(12)16/h3-9H,1-2H3. The minimum absolute atomic E-state index is 0.0165. The SMILES string of the molecule is Cc1ccccc1OC(=O)c1cc(S(C)(=O)=O)ccc1Cl. The molecule has 0 radical (unpaired) electrons. The van der Waals surface area contributed by atoms with Crippen LogP contribution in [0.25, 0.3) is 0 Å². The van der Waals surface area contributed by atoms with Gasteiger partial charge in [-0.15, -0.1) is 0 Å². The van der Waals surface area contributed by atoms with Crippen molar-refractivity contribution in [2.75, 3.05) is 6.26 Å². The Kier molecular flexibility index (Phi) is 4.34. The number of halogens is 1. The molecule has 0 N–H and O–H groups in total. The third-order valence-corrected chi connectivity index (χ3v) is 4.32. The summed E-state index contributed by atoms with van der Waals surface area (Å²) in [6.07, 6.45) is 1.06. The number of esters is 1. The maximum Gasteiger partial charge on any atom is 0.345 e. The van der Waals surface area contributed by atoms with E-state index in [1.54, 1.807) is 25.1 Å². The largest absolute Gasteiger partial charge is 0.423 e. The highest BCUT2D eigenvalue weighted by Crippen LogP contribution is 2.24. The molecule has 0 aliphatic carbocycles. The lowest BCUT2D eigenvalue weighted by molar-refractivity contribution is 0.0733. The van der Waals surface area contributed by atoms with Crippen molar-refractivity contribution in [1.29, 1.82) is 0 Å². The van der Waals surface area contributed by atoms with Crippen LogP contribution in [0.2, 0.25) is 5.02 Å². The number of hydrogen-bond acceptors (Lipinski definition) is 4. The van der Waals surface area contributed by atoms with Gasteiger partial charge in [0.25, 0.3) is 0 Å². The van der Waals surface area contributed by atoms with Crippen molar-refractivity contribution in [3.05, 3.63) is 58.6 Å². The van der Waals surface area contributed by atoms with E-state index >= 15 is 0 Å². The summed E-state index contributed by atoms with van der Waals surface area (Å²) in [6.45, 7) is 1.80. The number of aryl methyl sites for hydroxylation is 1. The zero-order chi connectivity index (χ0) is 15.6. The van der Waals surface area contributed by atoms with Gasteiger partial charge in [0.2, 0.25) is 0 Å². The molecule has 0 aliphatic rings. The van der Waals surface area contributed by atoms with Gasteiger partial charge < -0.3 is 4.74 Å². The lowest BCUT2D eigenvalue weighted by atomic mass is 10.2. The average Bonchev–Trinajstić information content (AvgIpc) is 2.40. The van der Waals surface area contributed by atoms with E-state index in [9.17, 15) is 13.2 Å². The molecule has 0 fully saturated rings. The summed E-state index contributed by atoms with van der Waals surface area (Å²) in [6, 6.07) is 11.0. The number of benzene rings is 2. The monoisotopic (exact) mass is 324 g/mol. The van der Waals surface area contributed by atoms with Gasteiger partial charge in [-0.1, -0.05) is 29.8 Å². The summed E-state index contributed by atoms with van der Waals surface area (Å²) in [7, 11) is -3.42. The topological polar surface area (TPSA) is 60.4 Å². The summed E-state index contributed by atoms with van der Waals surface area (Å²) < 4.78 is 28.3. The molecule has 110 valence electrons. The molecule has 6 heteroatoms. The molecule has 0 saturated carbocycles. The van der Waals surface area contributed by atoms with Crippen LogP contribution in [0.5, 0.6) is 5.75 Å². The van der Waals surface area contributed by atoms with Crippen LogP contribution >= 0.6 is 11.6 Å². The van der Waals surface area contributed by atoms with Gasteiger partial charge in [0.15, 0.2) is 9.84 Å². The van der Waals surface area contributed by atoms with Crippen LogP contribution in [0.4, 0.5) is 0 Å². The molecule has 21 heavy (non-hydrogen) atoms. The Labute approximate surface area is 128 Å². The molecule has 0 bridgehead atoms. The second kappa shape index (κ2) is 5.87. The molecule has 4 nitrogen and oxygen atoms in total. The zero-order valence-electron chi connectivity index (χ0n) is 11.5. The van der Waals surface area contributed by atoms with Crippen LogP contribution in [0.3, 0.4) is 0 Å². The number of carbonyl (C=O) groups excluding carboxylic acids is 1. The number of ether oxygens (including phenoxy) is 1. The predicted octanol–water partition coefficient (Wildman–Crippen LogP) is 3.27. The Hall–Kier alpha value is -1.85. The first-order valence-corrected chi connectivity index (χ1v) is 8.33. The highest BCUT2D eigenvalue weighted by molar-refractivity contribution is 7.90. The quantitative estimate of drug-likeness (QED) is 0.642. The van der Waals surface area contributed by atoms with Gasteiger partial charge >= 0.3 is 5.97 Å². The Morgan fingerprint density at radius 1 is 1.14 bits per heavy atom. The molecule has 0 unspecified atom stereocenters. The fourth-order valence-corrected chi connectivity index (χ4v) is 2.56. The van der Waals surface area contributed by atoms with Crippen molar-refractivity contribution >= 4 is 27.4 Å². The Balaban J connectivity index is 2.38. The maximum absolute atomic E-state index is 12.2. The third-order valence-electron chi connectivity index (χ3n) is 2.88. The van der Waals surface area contributed by atoms with E-state index in [0.29, 0.717) is 5.75 Å². The molecule has 2 rings (SSSR count). The third kappa shape index (κ3) is 3.62. The van der Waals surface area contributed by atoms with Gasteiger partial charge in [-0.05, 0) is 36.8 Å². The van der Waals surface area contributed by atoms with E-state index in [4.69, 9.17) is 16.3 Å². The van der Waals surface area contributed by atoms with Crippen LogP contribution in [0.15, 0.2) is 47.4 Å². The van der Waals surface area contributed by atoms with Crippen LogP contribution in [-0.4, -0.2) is 20.6 Å². The van der Waals surface area contributed by atoms with Crippen molar-refractivity contribution in [3.8, 4) is 5.75 Å². The summed E-state index contributed by atoms with van der Waals surface area (Å²) in [5.74, 6) is -0.289. The van der Waals surface area contributed by atoms with E-state index in [1.807, 2.05) is 6.07 Å². The van der Waals surface area contributed by atoms with Gasteiger partial charge in [0.1, 0.15) is 5.75 Å². The van der Waals surface area contributed by atoms with E-state index in [0.717, 1.165) is 11.8 Å². The predicted molar refractivity (Wildman–Crippen MR) is 80.7 cm³/mol. The molecule has 2 aromatic carbocycles. The summed E-state index contributed by atoms with van der Waals surface area (Å²) in [5, 5.41) is 0.140. The fraction of sp³-hybridized carbons (Fsp3) is 0.133. The van der Waals surface area contributed by atoms with E-state index < -0.39 is 15.8 Å². The number of hydrogen-bond donors (Lipinski definition) is 0. The van der Waals surface area contributed by atoms with Crippen LogP contribution in [0.1, 0.15) is 15.9 Å². The summed E-state index contributed by atoms with van der Waals surface area (Å²) in [4.78, 5) is 12.2. The van der Waals surface area contributed by atoms with E-state index in [2.05, 4.69) is 0 Å². The summed E-state index contributed by atoms with van der Waals surface area (Å²) >= 11 is 5.95. The first kappa shape index (κ1) is 15.5. The van der Waals surface area contributed by atoms with Crippen molar-refractivity contribution in [2.45, 2.75) is 11.8 Å². The van der Waals surface area contributed by atoms with Crippen LogP contribution < -0.4 is 4.74 Å². The van der Waals surface area contributed by atoms with Gasteiger partial charge in [0, 0.05) is 6.26 Å². The molecule has 0 saturated heterocycles. The number of para-hydroxylation sites is 1. The zero-order valence-corrected chi connectivity index (χ0v) is 13.0. The molecule has 0 aliphatic heterocycles. The van der Waals surface area contributed by atoms with Gasteiger partial charge in [-0.3, -0.25) is 0 Å². The lowest BCUT2D eigenvalue weighted by Crippen LogP contribution is -2.11. The van der Waals surface area contributed by atoms with Crippen molar-refractivity contribution < 1.29 is 17.9 Å². The van der Waals surface area contributed by atoms with Crippen molar-refractivity contribution in [3.63, 3.8) is 0 Å². The Bertz CT molecular complexity index is 797. The Morgan fingerprint density at radius 2 is 1.81 bits per heavy atom. The molecular formula is C15H13ClO4S. The second-order valence-electron chi connectivity index (χ2n) is 4.57. The Morgan fingerprint density at radius 3 is 2.43 bits per heavy atom. The smallest absolute Gasteiger partial charge is 0.345 e. The maximum atomic E-state index is 12.2. The lowest BCUT2D eigenvalue weighted by Gasteiger charge is -2.09. The van der Waals surface area contributed by atoms with E-state index in [1.165, 1.54) is 18.2 Å². The number of rotatable bonds is 3. The minimum atomic E-state index is -3.42. The first-order chi connectivity index (χ1) is 9.79. The molecule has 2 aromatic rings. The van der Waals surface area contributed by atoms with Crippen LogP contribution in [0, 0.1) is 6.92 Å². The van der Waals surface area contributed by atoms with Crippen LogP contribution in [-0.2, 0) is 9.84 Å². The summed E-state index contributed by atoms with van der Waals surface area (Å²) in [5.41, 5.74) is 0.809. The normalized spacial score (nSPS) is 11.2. The average molecular weight is 325 g/mol. The second-order valence-corrected chi connectivity index (χ2v) is 6.99. The molecule has 0 amide bonds. The highest BCUT2D eigenvalue weighted by atomic mass is 35.5. The van der Waals surface area contributed by atoms with E-state index in [-0.39, 0.29) is 15.5 Å². The van der Waals surface area contributed by atoms with Gasteiger partial charge in [-0.25, -0.2) is 13.2 Å². The van der Waals surface area contributed by atoms with Crippen molar-refractivity contribution in [2.24, 2.45) is 0 Å². The first-order valence-electron chi connectivity index (χ1n) is 6.06. The molecule has 0 heterocycles. The molecule has 0 aromatic heterocycles. The minimum Gasteiger partial charge on any atom is -0.423 e. The van der Waals surface area contributed by atoms with Gasteiger partial charge in [-0.2, -0.15) is 0 Å². The number of sulfone groups is 1. The fourth-order valence-electron chi connectivity index (χ4n) is 1.72. The highest BCUT2D eigenvalue weighted by Gasteiger charge is 2.17. The molecule has 0 spiro atoms. The molecule has 0 atom stereocenters. The van der Waals surface area contributed by atoms with Gasteiger partial charge in [0.05, 0.1) is 15.5 Å². The molecular weight excluding hydrogens is 312 g/mol. The number of carbonyl (C=O) groups is 1.